The van der Waals surface area contributed by atoms with Crippen molar-refractivity contribution >= 4 is 11.9 Å². The quantitative estimate of drug-likeness (QED) is 0.627. The Morgan fingerprint density at radius 1 is 1.41 bits per heavy atom. The second kappa shape index (κ2) is 8.43. The van der Waals surface area contributed by atoms with Crippen LogP contribution in [0.2, 0.25) is 0 Å². The van der Waals surface area contributed by atoms with Crippen LogP contribution in [-0.2, 0) is 14.3 Å². The van der Waals surface area contributed by atoms with Crippen molar-refractivity contribution in [3.8, 4) is 0 Å². The van der Waals surface area contributed by atoms with E-state index in [4.69, 9.17) is 4.74 Å². The fourth-order valence-electron chi connectivity index (χ4n) is 2.31. The molecule has 0 aromatic heterocycles. The second-order valence-electron chi connectivity index (χ2n) is 6.63. The average Bonchev–Trinajstić information content (AvgIpc) is 2.44. The molecule has 0 saturated carbocycles. The van der Waals surface area contributed by atoms with E-state index >= 15 is 0 Å². The molecule has 0 bridgehead atoms. The first-order valence-corrected chi connectivity index (χ1v) is 7.72. The van der Waals surface area contributed by atoms with Gasteiger partial charge in [-0.1, -0.05) is 6.42 Å². The van der Waals surface area contributed by atoms with Crippen molar-refractivity contribution in [3.05, 3.63) is 0 Å². The first-order valence-electron chi connectivity index (χ1n) is 7.72. The van der Waals surface area contributed by atoms with E-state index in [2.05, 4.69) is 10.6 Å². The van der Waals surface area contributed by atoms with Gasteiger partial charge in [-0.25, -0.2) is 4.39 Å². The Morgan fingerprint density at radius 3 is 2.59 bits per heavy atom. The summed E-state index contributed by atoms with van der Waals surface area (Å²) in [6.45, 7) is 4.87. The number of ether oxygens (including phenoxy) is 1. The maximum atomic E-state index is 12.7. The van der Waals surface area contributed by atoms with E-state index in [-0.39, 0.29) is 18.4 Å². The number of hydrogen-bond acceptors (Lipinski definition) is 5. The van der Waals surface area contributed by atoms with Gasteiger partial charge in [0.1, 0.15) is 18.4 Å². The lowest BCUT2D eigenvalue weighted by Crippen LogP contribution is -2.53. The molecular weight excluding hydrogens is 291 g/mol. The van der Waals surface area contributed by atoms with E-state index in [0.717, 1.165) is 19.4 Å². The van der Waals surface area contributed by atoms with Crippen molar-refractivity contribution in [2.75, 3.05) is 13.2 Å². The van der Waals surface area contributed by atoms with Gasteiger partial charge in [0.25, 0.3) is 0 Å². The topological polar surface area (TPSA) is 87.7 Å². The van der Waals surface area contributed by atoms with Crippen LogP contribution < -0.4 is 10.6 Å². The molecule has 7 heteroatoms. The van der Waals surface area contributed by atoms with Crippen LogP contribution in [0.25, 0.3) is 0 Å². The maximum absolute atomic E-state index is 12.7. The van der Waals surface area contributed by atoms with Crippen molar-refractivity contribution in [3.63, 3.8) is 0 Å². The van der Waals surface area contributed by atoms with E-state index in [1.807, 2.05) is 0 Å². The van der Waals surface area contributed by atoms with Crippen LogP contribution in [0.15, 0.2) is 0 Å². The van der Waals surface area contributed by atoms with Crippen molar-refractivity contribution in [1.82, 2.24) is 10.6 Å². The summed E-state index contributed by atoms with van der Waals surface area (Å²) in [5.41, 5.74) is -0.669. The third kappa shape index (κ3) is 6.70. The Balaban J connectivity index is 2.60. The second-order valence-corrected chi connectivity index (χ2v) is 6.63. The third-order valence-corrected chi connectivity index (χ3v) is 3.38. The molecule has 22 heavy (non-hydrogen) atoms. The number of aliphatic hydroxyl groups excluding tert-OH is 1. The molecule has 1 aliphatic rings. The van der Waals surface area contributed by atoms with Gasteiger partial charge < -0.3 is 20.5 Å². The zero-order chi connectivity index (χ0) is 16.8. The lowest BCUT2D eigenvalue weighted by molar-refractivity contribution is -0.156. The van der Waals surface area contributed by atoms with Crippen LogP contribution in [0.3, 0.4) is 0 Å². The molecule has 1 rings (SSSR count). The van der Waals surface area contributed by atoms with Crippen molar-refractivity contribution < 1.29 is 23.8 Å². The number of amides is 1. The van der Waals surface area contributed by atoms with E-state index in [1.165, 1.54) is 0 Å². The first-order chi connectivity index (χ1) is 10.2. The number of alkyl halides is 1. The van der Waals surface area contributed by atoms with E-state index in [9.17, 15) is 19.1 Å². The number of hydrogen-bond donors (Lipinski definition) is 3. The van der Waals surface area contributed by atoms with E-state index in [0.29, 0.717) is 6.42 Å². The van der Waals surface area contributed by atoms with Crippen molar-refractivity contribution in [2.24, 2.45) is 0 Å². The van der Waals surface area contributed by atoms with Gasteiger partial charge >= 0.3 is 5.97 Å². The molecule has 1 amide bonds. The molecule has 0 spiro atoms. The minimum absolute atomic E-state index is 0.263. The van der Waals surface area contributed by atoms with Gasteiger partial charge in [0.15, 0.2) is 0 Å². The molecule has 3 atom stereocenters. The van der Waals surface area contributed by atoms with E-state index in [1.54, 1.807) is 20.8 Å². The molecular formula is C15H27FN2O4. The first kappa shape index (κ1) is 18.8. The molecule has 3 N–H and O–H groups in total. The monoisotopic (exact) mass is 318 g/mol. The summed E-state index contributed by atoms with van der Waals surface area (Å²) < 4.78 is 17.9. The fourth-order valence-corrected chi connectivity index (χ4v) is 2.31. The number of aliphatic hydroxyl groups is 1. The normalized spacial score (nSPS) is 21.8. The molecule has 1 aliphatic heterocycles. The molecule has 0 unspecified atom stereocenters. The van der Waals surface area contributed by atoms with Crippen LogP contribution in [0.1, 0.15) is 46.5 Å². The highest BCUT2D eigenvalue weighted by atomic mass is 19.1. The summed E-state index contributed by atoms with van der Waals surface area (Å²) in [5, 5.41) is 15.3. The van der Waals surface area contributed by atoms with Crippen LogP contribution in [0.4, 0.5) is 4.39 Å². The van der Waals surface area contributed by atoms with Crippen molar-refractivity contribution in [1.29, 1.82) is 0 Å². The number of esters is 1. The Labute approximate surface area is 130 Å². The highest BCUT2D eigenvalue weighted by Crippen LogP contribution is 2.12. The molecule has 1 fully saturated rings. The maximum Gasteiger partial charge on any atom is 0.308 e. The highest BCUT2D eigenvalue weighted by molar-refractivity contribution is 5.83. The number of nitrogens with one attached hydrogen (secondary N) is 2. The largest absolute Gasteiger partial charge is 0.460 e. The smallest absolute Gasteiger partial charge is 0.308 e. The summed E-state index contributed by atoms with van der Waals surface area (Å²) >= 11 is 0. The predicted molar refractivity (Wildman–Crippen MR) is 80.0 cm³/mol. The SMILES string of the molecule is CC(C)(C)OC(=O)C[C@H](NC(=O)[C@@H]1CCCCN1)[C@H](O)CF. The number of piperidine rings is 1. The highest BCUT2D eigenvalue weighted by Gasteiger charge is 2.29. The predicted octanol–water partition coefficient (Wildman–Crippen LogP) is 0.675. The third-order valence-electron chi connectivity index (χ3n) is 3.38. The molecule has 0 aromatic rings. The van der Waals surface area contributed by atoms with Crippen molar-refractivity contribution in [2.45, 2.75) is 70.2 Å². The van der Waals surface area contributed by atoms with Gasteiger partial charge in [-0.2, -0.15) is 0 Å². The summed E-state index contributed by atoms with van der Waals surface area (Å²) in [6.07, 6.45) is 0.948. The standard InChI is InChI=1S/C15H27FN2O4/c1-15(2,3)22-13(20)8-11(12(19)9-16)18-14(21)10-6-4-5-7-17-10/h10-12,17,19H,4-9H2,1-3H3,(H,18,21)/t10-,11-,12+/m0/s1. The molecule has 0 radical (unpaired) electrons. The zero-order valence-electron chi connectivity index (χ0n) is 13.5. The minimum atomic E-state index is -1.43. The van der Waals surface area contributed by atoms with Gasteiger partial charge in [-0.15, -0.1) is 0 Å². The average molecular weight is 318 g/mol. The van der Waals surface area contributed by atoms with Crippen LogP contribution in [0, 0.1) is 0 Å². The van der Waals surface area contributed by atoms with E-state index < -0.39 is 30.4 Å². The van der Waals surface area contributed by atoms with Crippen LogP contribution >= 0.6 is 0 Å². The Hall–Kier alpha value is -1.21. The van der Waals surface area contributed by atoms with Gasteiger partial charge in [-0.05, 0) is 40.2 Å². The van der Waals surface area contributed by atoms with Gasteiger partial charge in [0.2, 0.25) is 5.91 Å². The lowest BCUT2D eigenvalue weighted by Gasteiger charge is -2.28. The number of rotatable bonds is 6. The Morgan fingerprint density at radius 2 is 2.09 bits per heavy atom. The molecule has 128 valence electrons. The summed E-state index contributed by atoms with van der Waals surface area (Å²) in [5.74, 6) is -0.900. The van der Waals surface area contributed by atoms with Gasteiger partial charge in [0.05, 0.1) is 18.5 Å². The van der Waals surface area contributed by atoms with Crippen LogP contribution in [0.5, 0.6) is 0 Å². The molecule has 0 aromatic carbocycles. The molecule has 6 nitrogen and oxygen atoms in total. The van der Waals surface area contributed by atoms with Gasteiger partial charge in [-0.3, -0.25) is 9.59 Å². The minimum Gasteiger partial charge on any atom is -0.460 e. The number of halogens is 1. The summed E-state index contributed by atoms with van der Waals surface area (Å²) in [7, 11) is 0. The Kier molecular flexibility index (Phi) is 7.22. The molecule has 1 heterocycles. The molecule has 1 saturated heterocycles. The summed E-state index contributed by atoms with van der Waals surface area (Å²) in [4.78, 5) is 24.0. The van der Waals surface area contributed by atoms with Crippen LogP contribution in [-0.4, -0.2) is 54.0 Å². The Bertz CT molecular complexity index is 378. The number of carbonyl (C=O) groups excluding carboxylic acids is 2. The van der Waals surface area contributed by atoms with Gasteiger partial charge in [0, 0.05) is 0 Å². The zero-order valence-corrected chi connectivity index (χ0v) is 13.5. The summed E-state index contributed by atoms with van der Waals surface area (Å²) in [6, 6.07) is -1.35. The molecule has 0 aliphatic carbocycles. The fraction of sp³-hybridized carbons (Fsp3) is 0.867. The lowest BCUT2D eigenvalue weighted by atomic mass is 10.0. The number of carbonyl (C=O) groups is 2.